The number of nitrogens with zero attached hydrogens (tertiary/aromatic N) is 2. The van der Waals surface area contributed by atoms with Crippen LogP contribution in [0.5, 0.6) is 0 Å². The lowest BCUT2D eigenvalue weighted by molar-refractivity contribution is 0.0701. The fraction of sp³-hybridized carbons (Fsp3) is 0.154. The maximum absolute atomic E-state index is 12.3. The molecular weight excluding hydrogens is 310 g/mol. The van der Waals surface area contributed by atoms with Gasteiger partial charge in [-0.05, 0) is 23.9 Å². The number of aryl methyl sites for hydroxylation is 1. The van der Waals surface area contributed by atoms with Crippen LogP contribution >= 0.6 is 22.7 Å². The van der Waals surface area contributed by atoms with E-state index >= 15 is 0 Å². The number of aromatic nitrogens is 2. The highest BCUT2D eigenvalue weighted by Gasteiger charge is 2.20. The predicted octanol–water partition coefficient (Wildman–Crippen LogP) is 1.83. The van der Waals surface area contributed by atoms with Crippen molar-refractivity contribution in [2.45, 2.75) is 13.3 Å². The fourth-order valence-corrected chi connectivity index (χ4v) is 3.87. The van der Waals surface area contributed by atoms with Crippen LogP contribution in [0.3, 0.4) is 0 Å². The molecule has 21 heavy (non-hydrogen) atoms. The Labute approximate surface area is 127 Å². The number of rotatable bonds is 3. The van der Waals surface area contributed by atoms with E-state index in [9.17, 15) is 9.59 Å². The maximum Gasteiger partial charge on any atom is 0.346 e. The van der Waals surface area contributed by atoms with Crippen LogP contribution in [0.15, 0.2) is 22.3 Å². The molecule has 3 N–H and O–H groups in total. The topological polar surface area (TPSA) is 98.2 Å². The van der Waals surface area contributed by atoms with Gasteiger partial charge in [0.2, 0.25) is 0 Å². The Balaban J connectivity index is 2.23. The molecule has 0 aliphatic heterocycles. The highest BCUT2D eigenvalue weighted by Crippen LogP contribution is 2.27. The van der Waals surface area contributed by atoms with Crippen molar-refractivity contribution in [3.63, 3.8) is 0 Å². The quantitative estimate of drug-likeness (QED) is 0.717. The molecular formula is C13H11N3O3S2. The summed E-state index contributed by atoms with van der Waals surface area (Å²) in [6.45, 7) is 1.60. The minimum atomic E-state index is -1.06. The van der Waals surface area contributed by atoms with Crippen molar-refractivity contribution in [3.8, 4) is 0 Å². The van der Waals surface area contributed by atoms with Crippen molar-refractivity contribution in [1.82, 2.24) is 9.66 Å². The molecule has 108 valence electrons. The highest BCUT2D eigenvalue weighted by atomic mass is 32.1. The van der Waals surface area contributed by atoms with Crippen LogP contribution < -0.4 is 11.4 Å². The van der Waals surface area contributed by atoms with Crippen LogP contribution in [0.1, 0.15) is 25.9 Å². The summed E-state index contributed by atoms with van der Waals surface area (Å²) in [5.41, 5.74) is 0.00896. The van der Waals surface area contributed by atoms with Gasteiger partial charge in [-0.3, -0.25) is 4.79 Å². The average molecular weight is 321 g/mol. The van der Waals surface area contributed by atoms with Gasteiger partial charge in [0.15, 0.2) is 0 Å². The third-order valence-electron chi connectivity index (χ3n) is 3.18. The van der Waals surface area contributed by atoms with Crippen molar-refractivity contribution in [3.05, 3.63) is 49.0 Å². The maximum atomic E-state index is 12.3. The Hall–Kier alpha value is -2.19. The van der Waals surface area contributed by atoms with E-state index in [0.717, 1.165) is 20.9 Å². The molecule has 0 unspecified atom stereocenters. The van der Waals surface area contributed by atoms with E-state index in [0.29, 0.717) is 22.6 Å². The summed E-state index contributed by atoms with van der Waals surface area (Å²) in [7, 11) is 0. The van der Waals surface area contributed by atoms with Crippen LogP contribution in [-0.2, 0) is 6.42 Å². The monoisotopic (exact) mass is 321 g/mol. The first-order valence-corrected chi connectivity index (χ1v) is 7.74. The third kappa shape index (κ3) is 2.22. The van der Waals surface area contributed by atoms with Crippen LogP contribution in [-0.4, -0.2) is 20.7 Å². The van der Waals surface area contributed by atoms with Crippen molar-refractivity contribution < 1.29 is 9.90 Å². The molecule has 0 fully saturated rings. The average Bonchev–Trinajstić information content (AvgIpc) is 3.04. The molecule has 3 heterocycles. The molecule has 0 aliphatic rings. The molecule has 3 aromatic rings. The van der Waals surface area contributed by atoms with Gasteiger partial charge in [0, 0.05) is 11.3 Å². The lowest BCUT2D eigenvalue weighted by Gasteiger charge is -2.06. The standard InChI is InChI=1S/C13H11N3O3S2/c1-6-9-11(21-10(6)13(18)19)15-8(16(14)12(9)17)5-7-3-2-4-20-7/h2-4H,5,14H2,1H3,(H,18,19). The lowest BCUT2D eigenvalue weighted by Crippen LogP contribution is -2.31. The van der Waals surface area contributed by atoms with E-state index in [4.69, 9.17) is 10.9 Å². The van der Waals surface area contributed by atoms with Gasteiger partial charge in [-0.1, -0.05) is 6.07 Å². The molecule has 0 aromatic carbocycles. The second kappa shape index (κ2) is 4.97. The Kier molecular flexibility index (Phi) is 3.26. The van der Waals surface area contributed by atoms with Crippen LogP contribution in [0.2, 0.25) is 0 Å². The van der Waals surface area contributed by atoms with Gasteiger partial charge < -0.3 is 10.9 Å². The summed E-state index contributed by atoms with van der Waals surface area (Å²) in [6, 6.07) is 3.85. The third-order valence-corrected chi connectivity index (χ3v) is 5.23. The summed E-state index contributed by atoms with van der Waals surface area (Å²) < 4.78 is 1.01. The number of carbonyl (C=O) groups is 1. The number of fused-ring (bicyclic) bond motifs is 1. The number of hydrogen-bond acceptors (Lipinski definition) is 6. The summed E-state index contributed by atoms with van der Waals surface area (Å²) in [6.07, 6.45) is 0.443. The molecule has 0 aliphatic carbocycles. The molecule has 0 spiro atoms. The SMILES string of the molecule is Cc1c(C(=O)O)sc2nc(Cc3cccs3)n(N)c(=O)c12. The predicted molar refractivity (Wildman–Crippen MR) is 82.9 cm³/mol. The zero-order valence-electron chi connectivity index (χ0n) is 11.0. The van der Waals surface area contributed by atoms with Crippen LogP contribution in [0.4, 0.5) is 0 Å². The van der Waals surface area contributed by atoms with E-state index in [-0.39, 0.29) is 10.3 Å². The van der Waals surface area contributed by atoms with Crippen molar-refractivity contribution >= 4 is 38.9 Å². The Morgan fingerprint density at radius 2 is 2.29 bits per heavy atom. The number of carboxylic acid groups (broad SMARTS) is 1. The first kappa shape index (κ1) is 13.8. The molecule has 0 saturated carbocycles. The highest BCUT2D eigenvalue weighted by molar-refractivity contribution is 7.20. The first-order valence-electron chi connectivity index (χ1n) is 6.05. The summed E-state index contributed by atoms with van der Waals surface area (Å²) in [4.78, 5) is 29.5. The molecule has 0 bridgehead atoms. The zero-order chi connectivity index (χ0) is 15.1. The number of hydrogen-bond donors (Lipinski definition) is 2. The summed E-state index contributed by atoms with van der Waals surface area (Å²) >= 11 is 2.55. The van der Waals surface area contributed by atoms with Crippen LogP contribution in [0, 0.1) is 6.92 Å². The van der Waals surface area contributed by atoms with Crippen LogP contribution in [0.25, 0.3) is 10.2 Å². The van der Waals surface area contributed by atoms with E-state index in [2.05, 4.69) is 4.98 Å². The van der Waals surface area contributed by atoms with Crippen molar-refractivity contribution in [2.75, 3.05) is 5.84 Å². The minimum Gasteiger partial charge on any atom is -0.477 e. The lowest BCUT2D eigenvalue weighted by atomic mass is 10.2. The van der Waals surface area contributed by atoms with Gasteiger partial charge in [-0.15, -0.1) is 22.7 Å². The number of aromatic carboxylic acids is 1. The summed E-state index contributed by atoms with van der Waals surface area (Å²) in [5, 5.41) is 11.4. The Morgan fingerprint density at radius 1 is 1.52 bits per heavy atom. The Morgan fingerprint density at radius 3 is 2.90 bits per heavy atom. The number of carboxylic acids is 1. The van der Waals surface area contributed by atoms with E-state index in [1.165, 1.54) is 0 Å². The molecule has 3 rings (SSSR count). The number of nitrogens with two attached hydrogens (primary N) is 1. The molecule has 0 saturated heterocycles. The van der Waals surface area contributed by atoms with Gasteiger partial charge in [-0.25, -0.2) is 14.5 Å². The zero-order valence-corrected chi connectivity index (χ0v) is 12.6. The fourth-order valence-electron chi connectivity index (χ4n) is 2.14. The van der Waals surface area contributed by atoms with E-state index in [1.807, 2.05) is 17.5 Å². The smallest absolute Gasteiger partial charge is 0.346 e. The number of thiophene rings is 2. The van der Waals surface area contributed by atoms with Crippen molar-refractivity contribution in [2.24, 2.45) is 0 Å². The minimum absolute atomic E-state index is 0.128. The first-order chi connectivity index (χ1) is 9.99. The van der Waals surface area contributed by atoms with E-state index in [1.54, 1.807) is 18.3 Å². The molecule has 0 atom stereocenters. The molecule has 0 amide bonds. The molecule has 6 nitrogen and oxygen atoms in total. The Bertz CT molecular complexity index is 894. The second-order valence-electron chi connectivity index (χ2n) is 4.50. The molecule has 3 aromatic heterocycles. The van der Waals surface area contributed by atoms with Crippen molar-refractivity contribution in [1.29, 1.82) is 0 Å². The summed E-state index contributed by atoms with van der Waals surface area (Å²) in [5.74, 6) is 5.19. The number of nitrogen functional groups attached to an aromatic ring is 1. The van der Waals surface area contributed by atoms with E-state index < -0.39 is 11.5 Å². The van der Waals surface area contributed by atoms with Gasteiger partial charge in [0.05, 0.1) is 5.39 Å². The second-order valence-corrected chi connectivity index (χ2v) is 6.53. The largest absolute Gasteiger partial charge is 0.477 e. The molecule has 8 heteroatoms. The normalized spacial score (nSPS) is 11.1. The molecule has 0 radical (unpaired) electrons. The van der Waals surface area contributed by atoms with Gasteiger partial charge in [0.25, 0.3) is 5.56 Å². The van der Waals surface area contributed by atoms with Gasteiger partial charge in [-0.2, -0.15) is 0 Å². The van der Waals surface area contributed by atoms with Gasteiger partial charge in [0.1, 0.15) is 15.5 Å². The van der Waals surface area contributed by atoms with Gasteiger partial charge >= 0.3 is 5.97 Å².